The van der Waals surface area contributed by atoms with E-state index in [0.717, 1.165) is 7.11 Å². The summed E-state index contributed by atoms with van der Waals surface area (Å²) in [5.74, 6) is -3.68. The molecule has 0 aromatic rings. The largest absolute Gasteiger partial charge is 0.748 e. The first-order valence-corrected chi connectivity index (χ1v) is 9.70. The Morgan fingerprint density at radius 2 is 1.41 bits per heavy atom. The van der Waals surface area contributed by atoms with E-state index in [9.17, 15) is 22.6 Å². The highest BCUT2D eigenvalue weighted by molar-refractivity contribution is 7.87. The van der Waals surface area contributed by atoms with E-state index in [1.54, 1.807) is 20.8 Å². The minimum atomic E-state index is -4.66. The molecule has 1 atom stereocenters. The Morgan fingerprint density at radius 1 is 0.963 bits per heavy atom. The lowest BCUT2D eigenvalue weighted by molar-refractivity contribution is -0.247. The van der Waals surface area contributed by atoms with E-state index in [2.05, 4.69) is 4.74 Å². The molecule has 0 aromatic heterocycles. The van der Waals surface area contributed by atoms with Crippen LogP contribution in [0.5, 0.6) is 0 Å². The molecule has 0 N–H and O–H groups in total. The summed E-state index contributed by atoms with van der Waals surface area (Å²) in [7, 11) is -3.55. The number of ether oxygens (including phenoxy) is 3. The number of carbonyl (C=O) groups is 2. The summed E-state index contributed by atoms with van der Waals surface area (Å²) in [4.78, 5) is 24.5. The molecule has 8 nitrogen and oxygen atoms in total. The third-order valence-corrected chi connectivity index (χ3v) is 7.05. The molecule has 0 saturated heterocycles. The normalized spacial score (nSPS) is 15.3. The van der Waals surface area contributed by atoms with E-state index in [1.165, 1.54) is 34.6 Å². The Labute approximate surface area is 163 Å². The Hall–Kier alpha value is -1.19. The second kappa shape index (κ2) is 8.87. The Bertz CT molecular complexity index is 634. The SMILES string of the molecule is C.CCC(C)(C)C(=O)OC(C)(OCC(C)(C)C(C)(C)S(=O)(=O)[O-])C(=O)OC. The lowest BCUT2D eigenvalue weighted by Gasteiger charge is -2.44. The molecule has 0 radical (unpaired) electrons. The van der Waals surface area contributed by atoms with Crippen LogP contribution >= 0.6 is 0 Å². The first-order chi connectivity index (χ1) is 11.4. The van der Waals surface area contributed by atoms with Gasteiger partial charge in [-0.25, -0.2) is 13.2 Å². The van der Waals surface area contributed by atoms with Gasteiger partial charge in [0.25, 0.3) is 0 Å². The fourth-order valence-electron chi connectivity index (χ4n) is 1.61. The standard InChI is InChI=1S/C17H32O8S.CH4/c1-10-14(2,3)12(18)25-17(8,13(19)23-9)24-11-15(4,5)16(6,7)26(20,21)22;/h10-11H2,1-9H3,(H,20,21,22);1H4/p-1. The van der Waals surface area contributed by atoms with Gasteiger partial charge in [-0.15, -0.1) is 0 Å². The van der Waals surface area contributed by atoms with Crippen LogP contribution < -0.4 is 0 Å². The predicted molar refractivity (Wildman–Crippen MR) is 101 cm³/mol. The van der Waals surface area contributed by atoms with Crippen molar-refractivity contribution in [2.24, 2.45) is 10.8 Å². The van der Waals surface area contributed by atoms with E-state index in [1.807, 2.05) is 0 Å². The van der Waals surface area contributed by atoms with Crippen LogP contribution in [-0.4, -0.2) is 49.2 Å². The molecule has 0 saturated carbocycles. The maximum Gasteiger partial charge on any atom is 0.379 e. The summed E-state index contributed by atoms with van der Waals surface area (Å²) >= 11 is 0. The molecule has 0 bridgehead atoms. The van der Waals surface area contributed by atoms with E-state index >= 15 is 0 Å². The van der Waals surface area contributed by atoms with Gasteiger partial charge < -0.3 is 18.8 Å². The number of rotatable bonds is 9. The maximum absolute atomic E-state index is 12.4. The summed E-state index contributed by atoms with van der Waals surface area (Å²) in [6.45, 7) is 11.6. The lowest BCUT2D eigenvalue weighted by atomic mass is 9.81. The molecule has 0 aliphatic heterocycles. The van der Waals surface area contributed by atoms with Crippen LogP contribution in [0.4, 0.5) is 0 Å². The van der Waals surface area contributed by atoms with E-state index in [4.69, 9.17) is 9.47 Å². The quantitative estimate of drug-likeness (QED) is 0.323. The molecular weight excluding hydrogens is 376 g/mol. The topological polar surface area (TPSA) is 119 Å². The van der Waals surface area contributed by atoms with Crippen LogP contribution in [0.25, 0.3) is 0 Å². The van der Waals surface area contributed by atoms with Crippen LogP contribution in [0, 0.1) is 10.8 Å². The smallest absolute Gasteiger partial charge is 0.379 e. The fraction of sp³-hybridized carbons (Fsp3) is 0.889. The monoisotopic (exact) mass is 411 g/mol. The molecule has 0 aliphatic rings. The molecule has 0 heterocycles. The average molecular weight is 412 g/mol. The number of hydrogen-bond acceptors (Lipinski definition) is 8. The van der Waals surface area contributed by atoms with Crippen molar-refractivity contribution in [3.63, 3.8) is 0 Å². The zero-order valence-corrected chi connectivity index (χ0v) is 17.9. The molecule has 27 heavy (non-hydrogen) atoms. The van der Waals surface area contributed by atoms with Crippen LogP contribution in [0.2, 0.25) is 0 Å². The van der Waals surface area contributed by atoms with Crippen molar-refractivity contribution in [1.82, 2.24) is 0 Å². The van der Waals surface area contributed by atoms with Crippen LogP contribution in [0.3, 0.4) is 0 Å². The second-order valence-electron chi connectivity index (χ2n) is 8.20. The van der Waals surface area contributed by atoms with Gasteiger partial charge in [-0.05, 0) is 34.1 Å². The zero-order chi connectivity index (χ0) is 21.2. The zero-order valence-electron chi connectivity index (χ0n) is 17.1. The van der Waals surface area contributed by atoms with E-state index in [-0.39, 0.29) is 14.0 Å². The summed E-state index contributed by atoms with van der Waals surface area (Å²) < 4.78 is 48.5. The van der Waals surface area contributed by atoms with Crippen molar-refractivity contribution in [3.05, 3.63) is 0 Å². The highest BCUT2D eigenvalue weighted by atomic mass is 32.2. The summed E-state index contributed by atoms with van der Waals surface area (Å²) in [6.07, 6.45) is 0.468. The molecule has 9 heteroatoms. The summed E-state index contributed by atoms with van der Waals surface area (Å²) in [5.41, 5.74) is -2.04. The molecule has 0 spiro atoms. The molecule has 0 rings (SSSR count). The molecule has 0 fully saturated rings. The van der Waals surface area contributed by atoms with Gasteiger partial charge in [-0.1, -0.05) is 28.2 Å². The van der Waals surface area contributed by atoms with Crippen molar-refractivity contribution in [2.45, 2.75) is 79.8 Å². The second-order valence-corrected chi connectivity index (χ2v) is 10.1. The van der Waals surface area contributed by atoms with Gasteiger partial charge in [0.1, 0.15) is 10.1 Å². The highest BCUT2D eigenvalue weighted by Crippen LogP contribution is 2.38. The van der Waals surface area contributed by atoms with Gasteiger partial charge in [-0.2, -0.15) is 0 Å². The molecule has 0 aromatic carbocycles. The Balaban J connectivity index is 0. The van der Waals surface area contributed by atoms with Crippen molar-refractivity contribution in [3.8, 4) is 0 Å². The number of methoxy groups -OCH3 is 1. The van der Waals surface area contributed by atoms with Crippen LogP contribution in [0.1, 0.15) is 69.2 Å². The first kappa shape index (κ1) is 28.0. The van der Waals surface area contributed by atoms with Gasteiger partial charge in [0.2, 0.25) is 0 Å². The third-order valence-electron chi connectivity index (χ3n) is 5.24. The fourth-order valence-corrected chi connectivity index (χ4v) is 2.34. The van der Waals surface area contributed by atoms with Gasteiger partial charge in [-0.3, -0.25) is 4.79 Å². The summed E-state index contributed by atoms with van der Waals surface area (Å²) in [5, 5.41) is 0. The van der Waals surface area contributed by atoms with Crippen molar-refractivity contribution >= 4 is 22.1 Å². The number of carbonyl (C=O) groups excluding carboxylic acids is 2. The minimum absolute atomic E-state index is 0. The Kier molecular flexibility index (Phi) is 9.21. The number of esters is 2. The van der Waals surface area contributed by atoms with Gasteiger partial charge >= 0.3 is 17.7 Å². The summed E-state index contributed by atoms with van der Waals surface area (Å²) in [6, 6.07) is 0. The van der Waals surface area contributed by atoms with Crippen LogP contribution in [-0.2, 0) is 33.9 Å². The van der Waals surface area contributed by atoms with Gasteiger partial charge in [0.05, 0.1) is 23.9 Å². The van der Waals surface area contributed by atoms with Crippen molar-refractivity contribution in [1.29, 1.82) is 0 Å². The molecule has 1 unspecified atom stereocenters. The van der Waals surface area contributed by atoms with E-state index < -0.39 is 43.4 Å². The highest BCUT2D eigenvalue weighted by Gasteiger charge is 2.48. The molecular formula is C18H35O8S-. The van der Waals surface area contributed by atoms with Crippen LogP contribution in [0.15, 0.2) is 0 Å². The Morgan fingerprint density at radius 3 is 1.74 bits per heavy atom. The van der Waals surface area contributed by atoms with Gasteiger partial charge in [0.15, 0.2) is 0 Å². The van der Waals surface area contributed by atoms with Crippen molar-refractivity contribution in [2.75, 3.05) is 13.7 Å². The van der Waals surface area contributed by atoms with Crippen molar-refractivity contribution < 1.29 is 36.8 Å². The molecule has 0 aliphatic carbocycles. The average Bonchev–Trinajstić information content (AvgIpc) is 2.50. The maximum atomic E-state index is 12.4. The third kappa shape index (κ3) is 6.15. The lowest BCUT2D eigenvalue weighted by Crippen LogP contribution is -2.53. The van der Waals surface area contributed by atoms with Gasteiger partial charge in [0, 0.05) is 12.3 Å². The first-order valence-electron chi connectivity index (χ1n) is 8.29. The molecule has 162 valence electrons. The number of hydrogen-bond donors (Lipinski definition) is 0. The minimum Gasteiger partial charge on any atom is -0.748 e. The van der Waals surface area contributed by atoms with E-state index in [0.29, 0.717) is 6.42 Å². The molecule has 0 amide bonds. The predicted octanol–water partition coefficient (Wildman–Crippen LogP) is 2.86.